The predicted molar refractivity (Wildman–Crippen MR) is 82.3 cm³/mol. The van der Waals surface area contributed by atoms with E-state index in [9.17, 15) is 4.79 Å². The highest BCUT2D eigenvalue weighted by atomic mass is 16.1. The van der Waals surface area contributed by atoms with Crippen molar-refractivity contribution in [3.63, 3.8) is 0 Å². The Morgan fingerprint density at radius 2 is 1.89 bits per heavy atom. The number of hydrogen-bond donors (Lipinski definition) is 0. The summed E-state index contributed by atoms with van der Waals surface area (Å²) in [6.07, 6.45) is 9.14. The van der Waals surface area contributed by atoms with Crippen molar-refractivity contribution in [3.8, 4) is 0 Å². The molecule has 0 spiro atoms. The predicted octanol–water partition coefficient (Wildman–Crippen LogP) is 5.18. The molecule has 1 atom stereocenters. The molecule has 0 aliphatic heterocycles. The van der Waals surface area contributed by atoms with Gasteiger partial charge < -0.3 is 0 Å². The van der Waals surface area contributed by atoms with Crippen molar-refractivity contribution in [2.24, 2.45) is 5.92 Å². The number of benzene rings is 1. The van der Waals surface area contributed by atoms with E-state index in [0.717, 1.165) is 19.3 Å². The Balaban J connectivity index is 0.000000191. The largest absolute Gasteiger partial charge is 0.300 e. The third-order valence-electron chi connectivity index (χ3n) is 3.64. The first-order valence-corrected chi connectivity index (χ1v) is 7.78. The Kier molecular flexibility index (Phi) is 8.20. The van der Waals surface area contributed by atoms with Crippen molar-refractivity contribution in [2.45, 2.75) is 65.2 Å². The van der Waals surface area contributed by atoms with Crippen molar-refractivity contribution < 1.29 is 4.79 Å². The molecule has 0 aromatic heterocycles. The topological polar surface area (TPSA) is 17.1 Å². The molecule has 0 amide bonds. The fourth-order valence-electron chi connectivity index (χ4n) is 2.43. The van der Waals surface area contributed by atoms with Gasteiger partial charge in [-0.05, 0) is 30.7 Å². The molecule has 1 aliphatic carbocycles. The summed E-state index contributed by atoms with van der Waals surface area (Å²) < 4.78 is 0. The Morgan fingerprint density at radius 1 is 1.16 bits per heavy atom. The van der Waals surface area contributed by atoms with Gasteiger partial charge in [-0.3, -0.25) is 4.79 Å². The lowest BCUT2D eigenvalue weighted by Crippen LogP contribution is -1.99. The molecule has 1 heteroatoms. The van der Waals surface area contributed by atoms with Crippen LogP contribution in [0, 0.1) is 5.92 Å². The molecule has 1 aromatic rings. The maximum atomic E-state index is 10.9. The third-order valence-corrected chi connectivity index (χ3v) is 3.64. The SMILES string of the molecule is CC1CCCCC(=O)C1.CCCCc1ccccc1. The monoisotopic (exact) mass is 260 g/mol. The van der Waals surface area contributed by atoms with Gasteiger partial charge in [-0.1, -0.05) is 63.4 Å². The van der Waals surface area contributed by atoms with Gasteiger partial charge >= 0.3 is 0 Å². The normalized spacial score (nSPS) is 19.3. The molecule has 0 saturated heterocycles. The third kappa shape index (κ3) is 7.81. The molecule has 0 heterocycles. The van der Waals surface area contributed by atoms with E-state index in [1.165, 1.54) is 37.7 Å². The van der Waals surface area contributed by atoms with Crippen molar-refractivity contribution in [1.82, 2.24) is 0 Å². The van der Waals surface area contributed by atoms with Crippen LogP contribution in [0.25, 0.3) is 0 Å². The van der Waals surface area contributed by atoms with Crippen LogP contribution in [0.2, 0.25) is 0 Å². The van der Waals surface area contributed by atoms with Crippen molar-refractivity contribution in [3.05, 3.63) is 35.9 Å². The zero-order valence-corrected chi connectivity index (χ0v) is 12.5. The highest BCUT2D eigenvalue weighted by molar-refractivity contribution is 5.78. The first-order chi connectivity index (χ1) is 9.22. The second-order valence-corrected chi connectivity index (χ2v) is 5.68. The van der Waals surface area contributed by atoms with Crippen LogP contribution in [0.1, 0.15) is 64.4 Å². The minimum absolute atomic E-state index is 0.472. The van der Waals surface area contributed by atoms with Crippen molar-refractivity contribution in [2.75, 3.05) is 0 Å². The smallest absolute Gasteiger partial charge is 0.133 e. The molecule has 1 aromatic carbocycles. The summed E-state index contributed by atoms with van der Waals surface area (Å²) in [7, 11) is 0. The fraction of sp³-hybridized carbons (Fsp3) is 0.611. The summed E-state index contributed by atoms with van der Waals surface area (Å²) in [5.74, 6) is 1.13. The molecule has 1 fully saturated rings. The van der Waals surface area contributed by atoms with Crippen LogP contribution < -0.4 is 0 Å². The van der Waals surface area contributed by atoms with Gasteiger partial charge in [-0.25, -0.2) is 0 Å². The lowest BCUT2D eigenvalue weighted by Gasteiger charge is -2.02. The average Bonchev–Trinajstić information content (AvgIpc) is 2.61. The van der Waals surface area contributed by atoms with E-state index >= 15 is 0 Å². The molecule has 19 heavy (non-hydrogen) atoms. The van der Waals surface area contributed by atoms with E-state index in [-0.39, 0.29) is 0 Å². The van der Waals surface area contributed by atoms with Crippen LogP contribution in [-0.2, 0) is 11.2 Å². The van der Waals surface area contributed by atoms with Gasteiger partial charge in [0.2, 0.25) is 0 Å². The van der Waals surface area contributed by atoms with Gasteiger partial charge in [0.1, 0.15) is 5.78 Å². The Bertz CT molecular complexity index is 342. The molecule has 0 radical (unpaired) electrons. The van der Waals surface area contributed by atoms with Gasteiger partial charge in [-0.15, -0.1) is 0 Å². The lowest BCUT2D eigenvalue weighted by molar-refractivity contribution is -0.119. The quantitative estimate of drug-likeness (QED) is 0.684. The molecule has 1 saturated carbocycles. The van der Waals surface area contributed by atoms with Crippen molar-refractivity contribution in [1.29, 1.82) is 0 Å². The van der Waals surface area contributed by atoms with Crippen LogP contribution in [0.4, 0.5) is 0 Å². The van der Waals surface area contributed by atoms with Gasteiger partial charge in [0.15, 0.2) is 0 Å². The summed E-state index contributed by atoms with van der Waals surface area (Å²) in [4.78, 5) is 10.9. The number of Topliss-reactive ketones (excluding diaryl/α,β-unsaturated/α-hetero) is 1. The summed E-state index contributed by atoms with van der Waals surface area (Å²) in [5.41, 5.74) is 1.46. The van der Waals surface area contributed by atoms with Gasteiger partial charge in [-0.2, -0.15) is 0 Å². The lowest BCUT2D eigenvalue weighted by atomic mass is 10.0. The van der Waals surface area contributed by atoms with E-state index in [1.54, 1.807) is 0 Å². The van der Waals surface area contributed by atoms with Crippen molar-refractivity contribution >= 4 is 5.78 Å². The Labute approximate surface area is 118 Å². The highest BCUT2D eigenvalue weighted by Crippen LogP contribution is 2.19. The molecule has 2 rings (SSSR count). The van der Waals surface area contributed by atoms with Crippen LogP contribution >= 0.6 is 0 Å². The molecule has 1 nitrogen and oxygen atoms in total. The summed E-state index contributed by atoms with van der Waals surface area (Å²) in [6.45, 7) is 4.39. The number of carbonyl (C=O) groups is 1. The Hall–Kier alpha value is -1.11. The Morgan fingerprint density at radius 3 is 2.58 bits per heavy atom. The number of aryl methyl sites for hydroxylation is 1. The summed E-state index contributed by atoms with van der Waals surface area (Å²) >= 11 is 0. The maximum absolute atomic E-state index is 10.9. The average molecular weight is 260 g/mol. The molecular weight excluding hydrogens is 232 g/mol. The minimum Gasteiger partial charge on any atom is -0.300 e. The van der Waals surface area contributed by atoms with E-state index in [4.69, 9.17) is 0 Å². The zero-order chi connectivity index (χ0) is 13.9. The summed E-state index contributed by atoms with van der Waals surface area (Å²) in [6, 6.07) is 10.6. The molecule has 0 bridgehead atoms. The fourth-order valence-corrected chi connectivity index (χ4v) is 2.43. The standard InChI is InChI=1S/C10H14.C8H14O/c1-2-3-7-10-8-5-4-6-9-10;1-7-4-2-3-5-8(9)6-7/h4-6,8-9H,2-3,7H2,1H3;7H,2-6H2,1H3. The van der Waals surface area contributed by atoms with Gasteiger partial charge in [0.25, 0.3) is 0 Å². The van der Waals surface area contributed by atoms with Crippen LogP contribution in [0.5, 0.6) is 0 Å². The molecular formula is C18H28O. The number of hydrogen-bond acceptors (Lipinski definition) is 1. The van der Waals surface area contributed by atoms with E-state index in [1.807, 2.05) is 0 Å². The van der Waals surface area contributed by atoms with Gasteiger partial charge in [0, 0.05) is 12.8 Å². The zero-order valence-electron chi connectivity index (χ0n) is 12.5. The number of unbranched alkanes of at least 4 members (excludes halogenated alkanes) is 1. The minimum atomic E-state index is 0.472. The number of carbonyl (C=O) groups excluding carboxylic acids is 1. The molecule has 1 unspecified atom stereocenters. The van der Waals surface area contributed by atoms with Crippen LogP contribution in [0.15, 0.2) is 30.3 Å². The summed E-state index contributed by atoms with van der Waals surface area (Å²) in [5, 5.41) is 0. The van der Waals surface area contributed by atoms with Gasteiger partial charge in [0.05, 0.1) is 0 Å². The first-order valence-electron chi connectivity index (χ1n) is 7.78. The van der Waals surface area contributed by atoms with E-state index in [0.29, 0.717) is 11.7 Å². The number of rotatable bonds is 3. The van der Waals surface area contributed by atoms with Crippen LogP contribution in [0.3, 0.4) is 0 Å². The molecule has 106 valence electrons. The van der Waals surface area contributed by atoms with Crippen LogP contribution in [-0.4, -0.2) is 5.78 Å². The highest BCUT2D eigenvalue weighted by Gasteiger charge is 2.12. The second-order valence-electron chi connectivity index (χ2n) is 5.68. The maximum Gasteiger partial charge on any atom is 0.133 e. The van der Waals surface area contributed by atoms with E-state index < -0.39 is 0 Å². The number of ketones is 1. The van der Waals surface area contributed by atoms with E-state index in [2.05, 4.69) is 44.2 Å². The molecule has 0 N–H and O–H groups in total. The second kappa shape index (κ2) is 9.77. The molecule has 1 aliphatic rings. The first kappa shape index (κ1) is 15.9.